The number of nitrogens with one attached hydrogen (secondary N) is 2. The van der Waals surface area contributed by atoms with Gasteiger partial charge in [-0.25, -0.2) is 4.98 Å². The van der Waals surface area contributed by atoms with Crippen molar-refractivity contribution in [2.24, 2.45) is 17.6 Å². The van der Waals surface area contributed by atoms with Crippen molar-refractivity contribution in [3.63, 3.8) is 0 Å². The van der Waals surface area contributed by atoms with Crippen LogP contribution in [0.5, 0.6) is 0 Å². The molecule has 0 unspecified atom stereocenters. The van der Waals surface area contributed by atoms with Gasteiger partial charge in [0.15, 0.2) is 5.84 Å². The molecule has 0 amide bonds. The number of aromatic nitrogens is 4. The minimum atomic E-state index is 0.138. The summed E-state index contributed by atoms with van der Waals surface area (Å²) in [6, 6.07) is 16.6. The van der Waals surface area contributed by atoms with E-state index in [-0.39, 0.29) is 5.41 Å². The van der Waals surface area contributed by atoms with Crippen molar-refractivity contribution in [3.05, 3.63) is 60.4 Å². The Labute approximate surface area is 181 Å². The van der Waals surface area contributed by atoms with Gasteiger partial charge in [-0.15, -0.1) is 0 Å². The molecule has 2 aromatic carbocycles. The van der Waals surface area contributed by atoms with Crippen molar-refractivity contribution in [3.8, 4) is 22.6 Å². The van der Waals surface area contributed by atoms with E-state index in [0.29, 0.717) is 6.67 Å². The van der Waals surface area contributed by atoms with E-state index in [9.17, 15) is 0 Å². The van der Waals surface area contributed by atoms with Gasteiger partial charge < -0.3 is 9.88 Å². The fraction of sp³-hybridized carbons (Fsp3) is 0.292. The second-order valence-corrected chi connectivity index (χ2v) is 9.23. The molecular formula is C24H27N7. The molecule has 31 heavy (non-hydrogen) atoms. The highest BCUT2D eigenvalue weighted by Gasteiger charge is 2.28. The van der Waals surface area contributed by atoms with E-state index in [1.54, 1.807) is 0 Å². The lowest BCUT2D eigenvalue weighted by atomic mass is 9.96. The van der Waals surface area contributed by atoms with E-state index < -0.39 is 0 Å². The molecule has 0 saturated carbocycles. The highest BCUT2D eigenvalue weighted by Crippen LogP contribution is 2.31. The van der Waals surface area contributed by atoms with Gasteiger partial charge in [0.1, 0.15) is 18.2 Å². The van der Waals surface area contributed by atoms with Crippen LogP contribution in [0.1, 0.15) is 26.5 Å². The van der Waals surface area contributed by atoms with Gasteiger partial charge >= 0.3 is 0 Å². The number of nitrogens with zero attached hydrogens (tertiary/aromatic N) is 5. The molecule has 1 aliphatic rings. The lowest BCUT2D eigenvalue weighted by molar-refractivity contribution is 0.279. The van der Waals surface area contributed by atoms with Crippen LogP contribution in [0.4, 0.5) is 0 Å². The van der Waals surface area contributed by atoms with Crippen molar-refractivity contribution in [2.75, 3.05) is 13.2 Å². The third-order valence-electron chi connectivity index (χ3n) is 5.41. The summed E-state index contributed by atoms with van der Waals surface area (Å²) in [6.45, 7) is 8.27. The molecule has 1 aliphatic heterocycles. The average Bonchev–Trinajstić information content (AvgIpc) is 3.46. The Morgan fingerprint density at radius 2 is 1.84 bits per heavy atom. The summed E-state index contributed by atoms with van der Waals surface area (Å²) in [5.41, 5.74) is 8.30. The maximum Gasteiger partial charge on any atom is 0.178 e. The molecule has 0 fully saturated rings. The molecule has 2 aromatic heterocycles. The number of fused-ring (bicyclic) bond motifs is 1. The van der Waals surface area contributed by atoms with Crippen LogP contribution in [-0.4, -0.2) is 43.7 Å². The average molecular weight is 414 g/mol. The van der Waals surface area contributed by atoms with Gasteiger partial charge in [-0.2, -0.15) is 10.2 Å². The smallest absolute Gasteiger partial charge is 0.178 e. The number of benzene rings is 2. The van der Waals surface area contributed by atoms with Crippen LogP contribution >= 0.6 is 0 Å². The second-order valence-electron chi connectivity index (χ2n) is 9.23. The summed E-state index contributed by atoms with van der Waals surface area (Å²) in [5, 5.41) is 10.1. The van der Waals surface area contributed by atoms with Crippen molar-refractivity contribution in [1.29, 1.82) is 0 Å². The van der Waals surface area contributed by atoms with Crippen LogP contribution in [0.25, 0.3) is 33.5 Å². The predicted molar refractivity (Wildman–Crippen MR) is 124 cm³/mol. The Balaban J connectivity index is 1.65. The lowest BCUT2D eigenvalue weighted by Crippen LogP contribution is -2.37. The summed E-state index contributed by atoms with van der Waals surface area (Å²) in [6.07, 6.45) is 1.89. The summed E-state index contributed by atoms with van der Waals surface area (Å²) in [7, 11) is 1.96. The molecule has 7 nitrogen and oxygen atoms in total. The Morgan fingerprint density at radius 1 is 1.03 bits per heavy atom. The summed E-state index contributed by atoms with van der Waals surface area (Å²) < 4.78 is 1.90. The molecule has 0 atom stereocenters. The fourth-order valence-electron chi connectivity index (χ4n) is 4.02. The van der Waals surface area contributed by atoms with Gasteiger partial charge in [0, 0.05) is 30.1 Å². The molecule has 2 N–H and O–H groups in total. The van der Waals surface area contributed by atoms with Gasteiger partial charge in [0.25, 0.3) is 0 Å². The standard InChI is InChI=1S/C24H27N7/c1-24(2,3)14-31-15-25-29-23(31)21-20(27-22(28-21)16-8-6-5-7-9-16)17-10-11-18-13-26-30(4)19(18)12-17/h5-13,25H,14-15H2,1-4H3,(H,27,28). The topological polar surface area (TPSA) is 74.1 Å². The van der Waals surface area contributed by atoms with Crippen molar-refractivity contribution < 1.29 is 0 Å². The Kier molecular flexibility index (Phi) is 4.54. The van der Waals surface area contributed by atoms with E-state index >= 15 is 0 Å². The second kappa shape index (κ2) is 7.27. The lowest BCUT2D eigenvalue weighted by Gasteiger charge is -2.27. The van der Waals surface area contributed by atoms with E-state index in [1.165, 1.54) is 0 Å². The van der Waals surface area contributed by atoms with Gasteiger partial charge in [-0.05, 0) is 11.5 Å². The largest absolute Gasteiger partial charge is 0.337 e. The number of amidine groups is 1. The monoisotopic (exact) mass is 413 g/mol. The molecule has 3 heterocycles. The zero-order valence-corrected chi connectivity index (χ0v) is 18.3. The molecule has 7 heteroatoms. The molecule has 0 radical (unpaired) electrons. The normalized spacial score (nSPS) is 14.2. The summed E-state index contributed by atoms with van der Waals surface area (Å²) in [4.78, 5) is 10.9. The first-order valence-corrected chi connectivity index (χ1v) is 10.5. The number of rotatable bonds is 4. The number of aryl methyl sites for hydroxylation is 1. The quantitative estimate of drug-likeness (QED) is 0.526. The number of aromatic amines is 1. The molecular weight excluding hydrogens is 386 g/mol. The van der Waals surface area contributed by atoms with Crippen LogP contribution < -0.4 is 5.43 Å². The Morgan fingerprint density at radius 3 is 2.61 bits per heavy atom. The minimum Gasteiger partial charge on any atom is -0.337 e. The number of H-pyrrole nitrogens is 1. The number of hydrogen-bond acceptors (Lipinski definition) is 5. The fourth-order valence-corrected chi connectivity index (χ4v) is 4.02. The first-order valence-electron chi connectivity index (χ1n) is 10.5. The van der Waals surface area contributed by atoms with Crippen molar-refractivity contribution in [2.45, 2.75) is 20.8 Å². The van der Waals surface area contributed by atoms with E-state index in [4.69, 9.17) is 4.98 Å². The maximum atomic E-state index is 5.02. The minimum absolute atomic E-state index is 0.138. The van der Waals surface area contributed by atoms with E-state index in [1.807, 2.05) is 36.1 Å². The molecule has 5 rings (SSSR count). The zero-order chi connectivity index (χ0) is 21.6. The highest BCUT2D eigenvalue weighted by molar-refractivity contribution is 6.04. The van der Waals surface area contributed by atoms with Gasteiger partial charge in [-0.1, -0.05) is 63.2 Å². The van der Waals surface area contributed by atoms with Crippen LogP contribution in [0.15, 0.2) is 59.8 Å². The first-order chi connectivity index (χ1) is 14.9. The van der Waals surface area contributed by atoms with Gasteiger partial charge in [0.2, 0.25) is 0 Å². The van der Waals surface area contributed by atoms with Crippen LogP contribution in [-0.2, 0) is 7.05 Å². The van der Waals surface area contributed by atoms with Crippen LogP contribution in [0.2, 0.25) is 0 Å². The molecule has 0 saturated heterocycles. The highest BCUT2D eigenvalue weighted by atomic mass is 15.5. The van der Waals surface area contributed by atoms with Crippen LogP contribution in [0, 0.1) is 5.41 Å². The van der Waals surface area contributed by atoms with Crippen molar-refractivity contribution >= 4 is 16.7 Å². The predicted octanol–water partition coefficient (Wildman–Crippen LogP) is 4.20. The SMILES string of the molecule is Cn1ncc2ccc(-c3[nH]c(-c4ccccc4)nc3C3=NNCN3CC(C)(C)C)cc21. The van der Waals surface area contributed by atoms with Gasteiger partial charge in [-0.3, -0.25) is 10.1 Å². The molecule has 4 aromatic rings. The zero-order valence-electron chi connectivity index (χ0n) is 18.3. The number of imidazole rings is 1. The maximum absolute atomic E-state index is 5.02. The van der Waals surface area contributed by atoms with E-state index in [2.05, 4.69) is 76.6 Å². The number of hydrogen-bond donors (Lipinski definition) is 2. The number of hydrazone groups is 1. The molecule has 158 valence electrons. The van der Waals surface area contributed by atoms with E-state index in [0.717, 1.165) is 51.6 Å². The third-order valence-corrected chi connectivity index (χ3v) is 5.41. The third kappa shape index (κ3) is 3.67. The summed E-state index contributed by atoms with van der Waals surface area (Å²) >= 11 is 0. The first kappa shape index (κ1) is 19.4. The van der Waals surface area contributed by atoms with Gasteiger partial charge in [0.05, 0.1) is 17.4 Å². The van der Waals surface area contributed by atoms with Crippen molar-refractivity contribution in [1.82, 2.24) is 30.1 Å². The van der Waals surface area contributed by atoms with Crippen LogP contribution in [0.3, 0.4) is 0 Å². The summed E-state index contributed by atoms with van der Waals surface area (Å²) in [5.74, 6) is 1.70. The Hall–Kier alpha value is -3.61. The molecule has 0 spiro atoms. The molecule has 0 bridgehead atoms. The molecule has 0 aliphatic carbocycles. The Bertz CT molecular complexity index is 1260.